The first kappa shape index (κ1) is 21.4. The van der Waals surface area contributed by atoms with Gasteiger partial charge in [-0.3, -0.25) is 4.79 Å². The zero-order valence-corrected chi connectivity index (χ0v) is 14.3. The van der Waals surface area contributed by atoms with Crippen LogP contribution in [0.15, 0.2) is 34.5 Å². The highest BCUT2D eigenvalue weighted by molar-refractivity contribution is 5.77. The molecule has 26 heavy (non-hydrogen) atoms. The van der Waals surface area contributed by atoms with E-state index in [9.17, 15) is 22.8 Å². The molecule has 1 unspecified atom stereocenters. The third-order valence-electron chi connectivity index (χ3n) is 2.85. The Hall–Kier alpha value is -2.65. The number of rotatable bonds is 9. The third-order valence-corrected chi connectivity index (χ3v) is 2.85. The Bertz CT molecular complexity index is 635. The molecule has 1 rings (SSSR count). The predicted octanol–water partition coefficient (Wildman–Crippen LogP) is 3.94. The monoisotopic (exact) mass is 376 g/mol. The van der Waals surface area contributed by atoms with Gasteiger partial charge in [0.2, 0.25) is 0 Å². The number of nitrogens with zero attached hydrogens (tertiary/aromatic N) is 2. The van der Waals surface area contributed by atoms with Gasteiger partial charge in [0.1, 0.15) is 5.75 Å². The molecule has 1 aromatic rings. The van der Waals surface area contributed by atoms with Crippen molar-refractivity contribution in [1.82, 2.24) is 0 Å². The van der Waals surface area contributed by atoms with E-state index in [1.165, 1.54) is 12.1 Å². The molecule has 1 aromatic carbocycles. The van der Waals surface area contributed by atoms with Crippen molar-refractivity contribution < 1.29 is 37.0 Å². The molecule has 0 aliphatic heterocycles. The van der Waals surface area contributed by atoms with Crippen molar-refractivity contribution in [3.8, 4) is 5.75 Å². The second-order valence-corrected chi connectivity index (χ2v) is 4.87. The van der Waals surface area contributed by atoms with Crippen molar-refractivity contribution in [3.63, 3.8) is 0 Å². The van der Waals surface area contributed by atoms with E-state index in [4.69, 9.17) is 9.47 Å². The van der Waals surface area contributed by atoms with E-state index in [1.54, 1.807) is 13.8 Å². The maximum atomic E-state index is 12.2. The zero-order chi connectivity index (χ0) is 19.6. The van der Waals surface area contributed by atoms with Crippen molar-refractivity contribution in [1.29, 1.82) is 0 Å². The lowest BCUT2D eigenvalue weighted by atomic mass is 10.2. The lowest BCUT2D eigenvalue weighted by molar-refractivity contribution is -0.274. The summed E-state index contributed by atoms with van der Waals surface area (Å²) < 4.78 is 50.1. The molecule has 0 N–H and O–H groups in total. The Balaban J connectivity index is 2.83. The maximum absolute atomic E-state index is 12.2. The second kappa shape index (κ2) is 10.4. The van der Waals surface area contributed by atoms with E-state index >= 15 is 0 Å². The Labute approximate surface area is 148 Å². The van der Waals surface area contributed by atoms with Gasteiger partial charge in [0.05, 0.1) is 18.9 Å². The van der Waals surface area contributed by atoms with E-state index in [1.807, 2.05) is 0 Å². The highest BCUT2D eigenvalue weighted by Crippen LogP contribution is 2.26. The summed E-state index contributed by atoms with van der Waals surface area (Å²) in [4.78, 5) is 23.3. The molecule has 0 aliphatic carbocycles. The van der Waals surface area contributed by atoms with E-state index in [0.717, 1.165) is 12.1 Å². The number of hydrogen-bond acceptors (Lipinski definition) is 7. The minimum atomic E-state index is -4.83. The highest BCUT2D eigenvalue weighted by atomic mass is 19.4. The smallest absolute Gasteiger partial charge is 0.466 e. The summed E-state index contributed by atoms with van der Waals surface area (Å²) in [6, 6.07) is 3.74. The van der Waals surface area contributed by atoms with Crippen LogP contribution in [0, 0.1) is 0 Å². The summed E-state index contributed by atoms with van der Waals surface area (Å²) in [5, 5.41) is 7.54. The molecule has 0 fully saturated rings. The summed E-state index contributed by atoms with van der Waals surface area (Å²) >= 11 is 0. The second-order valence-electron chi connectivity index (χ2n) is 4.87. The molecule has 144 valence electrons. The first-order valence-electron chi connectivity index (χ1n) is 7.84. The van der Waals surface area contributed by atoms with Crippen LogP contribution in [-0.2, 0) is 19.1 Å². The summed E-state index contributed by atoms with van der Waals surface area (Å²) in [6.45, 7) is 3.57. The van der Waals surface area contributed by atoms with Gasteiger partial charge in [-0.1, -0.05) is 6.07 Å². The number of esters is 2. The van der Waals surface area contributed by atoms with Gasteiger partial charge in [-0.05, 0) is 32.4 Å². The molecule has 0 heterocycles. The average molecular weight is 376 g/mol. The minimum absolute atomic E-state index is 0.0000908. The van der Waals surface area contributed by atoms with Gasteiger partial charge >= 0.3 is 18.3 Å². The van der Waals surface area contributed by atoms with Crippen molar-refractivity contribution in [2.24, 2.45) is 10.2 Å². The fourth-order valence-corrected chi connectivity index (χ4v) is 1.83. The Morgan fingerprint density at radius 1 is 1.15 bits per heavy atom. The normalized spacial score (nSPS) is 12.7. The molecule has 0 saturated heterocycles. The van der Waals surface area contributed by atoms with E-state index in [2.05, 4.69) is 15.0 Å². The molecular weight excluding hydrogens is 357 g/mol. The zero-order valence-electron chi connectivity index (χ0n) is 14.3. The molecule has 1 atom stereocenters. The van der Waals surface area contributed by atoms with Crippen molar-refractivity contribution in [3.05, 3.63) is 24.3 Å². The maximum Gasteiger partial charge on any atom is 0.573 e. The summed E-state index contributed by atoms with van der Waals surface area (Å²) in [5.74, 6) is -1.66. The highest BCUT2D eigenvalue weighted by Gasteiger charge is 2.31. The fraction of sp³-hybridized carbons (Fsp3) is 0.500. The Morgan fingerprint density at radius 3 is 2.46 bits per heavy atom. The predicted molar refractivity (Wildman–Crippen MR) is 83.9 cm³/mol. The molecule has 0 bridgehead atoms. The largest absolute Gasteiger partial charge is 0.573 e. The van der Waals surface area contributed by atoms with Crippen LogP contribution in [0.25, 0.3) is 0 Å². The Kier molecular flexibility index (Phi) is 8.53. The van der Waals surface area contributed by atoms with Gasteiger partial charge in [0.15, 0.2) is 6.04 Å². The molecule has 10 heteroatoms. The van der Waals surface area contributed by atoms with E-state index < -0.39 is 30.1 Å². The van der Waals surface area contributed by atoms with Gasteiger partial charge in [0.25, 0.3) is 0 Å². The van der Waals surface area contributed by atoms with Crippen LogP contribution in [0.2, 0.25) is 0 Å². The SMILES string of the molecule is CCOC(=O)CCC(N=Nc1cccc(OC(F)(F)F)c1)C(=O)OCC. The molecule has 0 amide bonds. The van der Waals surface area contributed by atoms with Crippen LogP contribution in [0.5, 0.6) is 5.75 Å². The standard InChI is InChI=1S/C16H19F3N2O5/c1-3-24-14(22)9-8-13(15(23)25-4-2)21-20-11-6-5-7-12(10-11)26-16(17,18)19/h5-7,10,13H,3-4,8-9H2,1-2H3. The van der Waals surface area contributed by atoms with Crippen molar-refractivity contribution in [2.45, 2.75) is 39.1 Å². The van der Waals surface area contributed by atoms with Crippen LogP contribution in [-0.4, -0.2) is 37.6 Å². The minimum Gasteiger partial charge on any atom is -0.466 e. The van der Waals surface area contributed by atoms with Crippen LogP contribution in [0.1, 0.15) is 26.7 Å². The van der Waals surface area contributed by atoms with Gasteiger partial charge in [0, 0.05) is 12.5 Å². The summed E-state index contributed by atoms with van der Waals surface area (Å²) in [7, 11) is 0. The first-order chi connectivity index (χ1) is 12.2. The van der Waals surface area contributed by atoms with Crippen LogP contribution < -0.4 is 4.74 Å². The number of alkyl halides is 3. The van der Waals surface area contributed by atoms with Crippen molar-refractivity contribution in [2.75, 3.05) is 13.2 Å². The van der Waals surface area contributed by atoms with Crippen molar-refractivity contribution >= 4 is 17.6 Å². The van der Waals surface area contributed by atoms with Gasteiger partial charge in [-0.25, -0.2) is 4.79 Å². The number of carbonyl (C=O) groups is 2. The molecule has 0 aromatic heterocycles. The van der Waals surface area contributed by atoms with Crippen LogP contribution >= 0.6 is 0 Å². The van der Waals surface area contributed by atoms with Gasteiger partial charge in [-0.15, -0.1) is 13.2 Å². The number of hydrogen-bond donors (Lipinski definition) is 0. The number of benzene rings is 1. The summed E-state index contributed by atoms with van der Waals surface area (Å²) in [6.07, 6.45) is -4.91. The number of carbonyl (C=O) groups excluding carboxylic acids is 2. The first-order valence-corrected chi connectivity index (χ1v) is 7.84. The van der Waals surface area contributed by atoms with Gasteiger partial charge in [-0.2, -0.15) is 10.2 Å². The average Bonchev–Trinajstić information content (AvgIpc) is 2.54. The quantitative estimate of drug-likeness (QED) is 0.481. The molecular formula is C16H19F3N2O5. The summed E-state index contributed by atoms with van der Waals surface area (Å²) in [5.41, 5.74) is 0.0529. The van der Waals surface area contributed by atoms with Crippen LogP contribution in [0.4, 0.5) is 18.9 Å². The number of ether oxygens (including phenoxy) is 3. The molecule has 7 nitrogen and oxygen atoms in total. The third kappa shape index (κ3) is 8.45. The molecule has 0 aliphatic rings. The lowest BCUT2D eigenvalue weighted by Gasteiger charge is -2.10. The topological polar surface area (TPSA) is 86.5 Å². The van der Waals surface area contributed by atoms with E-state index in [-0.39, 0.29) is 31.7 Å². The molecule has 0 saturated carbocycles. The molecule has 0 radical (unpaired) electrons. The number of azo groups is 1. The fourth-order valence-electron chi connectivity index (χ4n) is 1.83. The lowest BCUT2D eigenvalue weighted by Crippen LogP contribution is -2.22. The van der Waals surface area contributed by atoms with Gasteiger partial charge < -0.3 is 14.2 Å². The number of halogens is 3. The van der Waals surface area contributed by atoms with Crippen LogP contribution in [0.3, 0.4) is 0 Å². The van der Waals surface area contributed by atoms with E-state index in [0.29, 0.717) is 0 Å². The molecule has 0 spiro atoms. The Morgan fingerprint density at radius 2 is 1.85 bits per heavy atom.